The molecule has 22 heavy (non-hydrogen) atoms. The Hall–Kier alpha value is -2.12. The summed E-state index contributed by atoms with van der Waals surface area (Å²) >= 11 is 12.1. The Bertz CT molecular complexity index is 892. The van der Waals surface area contributed by atoms with Gasteiger partial charge in [0.1, 0.15) is 22.1 Å². The maximum Gasteiger partial charge on any atom is 0.223 e. The number of aromatic nitrogens is 5. The molecular formula is C13H12Cl2N6O. The van der Waals surface area contributed by atoms with E-state index >= 15 is 0 Å². The summed E-state index contributed by atoms with van der Waals surface area (Å²) in [6.07, 6.45) is 1.54. The highest BCUT2D eigenvalue weighted by Gasteiger charge is 2.16. The highest BCUT2D eigenvalue weighted by molar-refractivity contribution is 6.33. The number of aromatic hydroxyl groups is 1. The fourth-order valence-corrected chi connectivity index (χ4v) is 2.58. The number of hydrogen-bond acceptors (Lipinski definition) is 6. The van der Waals surface area contributed by atoms with E-state index in [4.69, 9.17) is 28.9 Å². The maximum atomic E-state index is 10.2. The minimum Gasteiger partial charge on any atom is -0.506 e. The molecule has 114 valence electrons. The van der Waals surface area contributed by atoms with Crippen molar-refractivity contribution in [1.82, 2.24) is 24.5 Å². The fourth-order valence-electron chi connectivity index (χ4n) is 2.12. The molecule has 3 N–H and O–H groups in total. The van der Waals surface area contributed by atoms with E-state index in [0.717, 1.165) is 5.56 Å². The van der Waals surface area contributed by atoms with Gasteiger partial charge < -0.3 is 15.4 Å². The van der Waals surface area contributed by atoms with Crippen LogP contribution in [0.25, 0.3) is 11.2 Å². The first kappa shape index (κ1) is 14.8. The SMILES string of the molecule is Cc1c(Cl)nc(Cn2cnc3c(Cl)nc(N)nc32)c(O)c1C. The summed E-state index contributed by atoms with van der Waals surface area (Å²) in [5.74, 6) is 0.145. The molecule has 3 aromatic rings. The van der Waals surface area contributed by atoms with E-state index < -0.39 is 0 Å². The van der Waals surface area contributed by atoms with E-state index in [1.807, 2.05) is 0 Å². The second kappa shape index (κ2) is 5.26. The van der Waals surface area contributed by atoms with Gasteiger partial charge in [-0.3, -0.25) is 0 Å². The van der Waals surface area contributed by atoms with E-state index in [1.54, 1.807) is 18.4 Å². The molecule has 0 saturated carbocycles. The maximum absolute atomic E-state index is 10.2. The lowest BCUT2D eigenvalue weighted by Crippen LogP contribution is -2.05. The summed E-state index contributed by atoms with van der Waals surface area (Å²) in [4.78, 5) is 16.3. The summed E-state index contributed by atoms with van der Waals surface area (Å²) in [5.41, 5.74) is 8.36. The van der Waals surface area contributed by atoms with E-state index in [9.17, 15) is 5.11 Å². The quantitative estimate of drug-likeness (QED) is 0.549. The number of halogens is 2. The number of pyridine rings is 1. The Morgan fingerprint density at radius 1 is 1.14 bits per heavy atom. The largest absolute Gasteiger partial charge is 0.506 e. The van der Waals surface area contributed by atoms with Gasteiger partial charge >= 0.3 is 0 Å². The zero-order valence-electron chi connectivity index (χ0n) is 11.8. The third kappa shape index (κ3) is 2.32. The van der Waals surface area contributed by atoms with Gasteiger partial charge in [-0.1, -0.05) is 23.2 Å². The molecule has 3 rings (SSSR count). The van der Waals surface area contributed by atoms with Crippen LogP contribution in [-0.4, -0.2) is 29.6 Å². The van der Waals surface area contributed by atoms with Crippen molar-refractivity contribution in [3.8, 4) is 5.75 Å². The minimum atomic E-state index is 0.0505. The summed E-state index contributed by atoms with van der Waals surface area (Å²) < 4.78 is 1.67. The van der Waals surface area contributed by atoms with Crippen LogP contribution >= 0.6 is 23.2 Å². The van der Waals surface area contributed by atoms with Crippen LogP contribution in [0.15, 0.2) is 6.33 Å². The van der Waals surface area contributed by atoms with Crippen LogP contribution in [0.5, 0.6) is 5.75 Å². The van der Waals surface area contributed by atoms with Crippen LogP contribution < -0.4 is 5.73 Å². The lowest BCUT2D eigenvalue weighted by atomic mass is 10.1. The number of anilines is 1. The van der Waals surface area contributed by atoms with Crippen molar-refractivity contribution in [2.75, 3.05) is 5.73 Å². The standard InChI is InChI=1S/C13H12Cl2N6O/c1-5-6(2)10(14)18-7(9(5)22)3-21-4-17-8-11(15)19-13(16)20-12(8)21/h4,22H,3H2,1-2H3,(H2,16,19,20). The number of fused-ring (bicyclic) bond motifs is 1. The van der Waals surface area contributed by atoms with Gasteiger partial charge in [-0.05, 0) is 25.0 Å². The Morgan fingerprint density at radius 3 is 2.59 bits per heavy atom. The Labute approximate surface area is 135 Å². The Morgan fingerprint density at radius 2 is 1.86 bits per heavy atom. The monoisotopic (exact) mass is 338 g/mol. The van der Waals surface area contributed by atoms with Crippen LogP contribution in [0.3, 0.4) is 0 Å². The van der Waals surface area contributed by atoms with Crippen LogP contribution in [0.1, 0.15) is 16.8 Å². The third-order valence-electron chi connectivity index (χ3n) is 3.49. The van der Waals surface area contributed by atoms with Crippen molar-refractivity contribution < 1.29 is 5.11 Å². The summed E-state index contributed by atoms with van der Waals surface area (Å²) in [5, 5.41) is 10.8. The molecule has 3 heterocycles. The van der Waals surface area contributed by atoms with Crippen LogP contribution in [0.4, 0.5) is 5.95 Å². The van der Waals surface area contributed by atoms with E-state index in [0.29, 0.717) is 27.6 Å². The predicted molar refractivity (Wildman–Crippen MR) is 84.2 cm³/mol. The molecule has 0 fully saturated rings. The molecule has 0 radical (unpaired) electrons. The van der Waals surface area contributed by atoms with Crippen molar-refractivity contribution in [3.63, 3.8) is 0 Å². The number of hydrogen-bond donors (Lipinski definition) is 2. The molecule has 0 aliphatic rings. The molecule has 0 aliphatic heterocycles. The molecule has 0 aliphatic carbocycles. The van der Waals surface area contributed by atoms with Crippen molar-refractivity contribution in [1.29, 1.82) is 0 Å². The van der Waals surface area contributed by atoms with Gasteiger partial charge in [0.25, 0.3) is 0 Å². The summed E-state index contributed by atoms with van der Waals surface area (Å²) in [7, 11) is 0. The van der Waals surface area contributed by atoms with Crippen LogP contribution in [0, 0.1) is 13.8 Å². The van der Waals surface area contributed by atoms with Gasteiger partial charge in [0.2, 0.25) is 5.95 Å². The summed E-state index contributed by atoms with van der Waals surface area (Å²) in [6, 6.07) is 0. The molecule has 0 spiro atoms. The Balaban J connectivity index is 2.12. The number of nitrogens with zero attached hydrogens (tertiary/aromatic N) is 5. The van der Waals surface area contributed by atoms with Crippen molar-refractivity contribution in [3.05, 3.63) is 33.5 Å². The third-order valence-corrected chi connectivity index (χ3v) is 4.12. The molecule has 0 atom stereocenters. The van der Waals surface area contributed by atoms with Crippen molar-refractivity contribution in [2.24, 2.45) is 0 Å². The van der Waals surface area contributed by atoms with Crippen LogP contribution in [-0.2, 0) is 6.54 Å². The fraction of sp³-hybridized carbons (Fsp3) is 0.231. The highest BCUT2D eigenvalue weighted by Crippen LogP contribution is 2.29. The number of rotatable bonds is 2. The van der Waals surface area contributed by atoms with Crippen molar-refractivity contribution >= 4 is 40.3 Å². The van der Waals surface area contributed by atoms with Gasteiger partial charge in [0.05, 0.1) is 12.9 Å². The van der Waals surface area contributed by atoms with Gasteiger partial charge in [-0.2, -0.15) is 9.97 Å². The molecule has 0 aromatic carbocycles. The minimum absolute atomic E-state index is 0.0505. The smallest absolute Gasteiger partial charge is 0.223 e. The first-order valence-electron chi connectivity index (χ1n) is 6.37. The average molecular weight is 339 g/mol. The van der Waals surface area contributed by atoms with Gasteiger partial charge in [0.15, 0.2) is 10.8 Å². The lowest BCUT2D eigenvalue weighted by molar-refractivity contribution is 0.456. The molecule has 0 amide bonds. The lowest BCUT2D eigenvalue weighted by Gasteiger charge is -2.11. The molecule has 0 saturated heterocycles. The Kier molecular flexibility index (Phi) is 3.54. The van der Waals surface area contributed by atoms with E-state index in [-0.39, 0.29) is 23.4 Å². The molecule has 0 bridgehead atoms. The van der Waals surface area contributed by atoms with Crippen molar-refractivity contribution in [2.45, 2.75) is 20.4 Å². The molecular weight excluding hydrogens is 327 g/mol. The molecule has 7 nitrogen and oxygen atoms in total. The zero-order valence-corrected chi connectivity index (χ0v) is 13.3. The van der Waals surface area contributed by atoms with Gasteiger partial charge in [-0.15, -0.1) is 0 Å². The first-order valence-corrected chi connectivity index (χ1v) is 7.12. The highest BCUT2D eigenvalue weighted by atomic mass is 35.5. The second-order valence-electron chi connectivity index (χ2n) is 4.87. The average Bonchev–Trinajstić information content (AvgIpc) is 2.86. The normalized spacial score (nSPS) is 11.3. The zero-order chi connectivity index (χ0) is 16.0. The number of nitrogens with two attached hydrogens (primary N) is 1. The molecule has 9 heteroatoms. The molecule has 3 aromatic heterocycles. The number of imidazole rings is 1. The number of nitrogen functional groups attached to an aromatic ring is 1. The predicted octanol–water partition coefficient (Wildman–Crippen LogP) is 2.48. The molecule has 0 unspecified atom stereocenters. The van der Waals surface area contributed by atoms with E-state index in [2.05, 4.69) is 19.9 Å². The first-order chi connectivity index (χ1) is 10.4. The van der Waals surface area contributed by atoms with E-state index in [1.165, 1.54) is 6.33 Å². The van der Waals surface area contributed by atoms with Gasteiger partial charge in [0, 0.05) is 0 Å². The summed E-state index contributed by atoms with van der Waals surface area (Å²) in [6.45, 7) is 3.81. The second-order valence-corrected chi connectivity index (χ2v) is 5.58. The van der Waals surface area contributed by atoms with Crippen LogP contribution in [0.2, 0.25) is 10.3 Å². The topological polar surface area (TPSA) is 103 Å². The van der Waals surface area contributed by atoms with Gasteiger partial charge in [-0.25, -0.2) is 9.97 Å².